The maximum atomic E-state index is 14.3. The molecule has 0 fully saturated rings. The van der Waals surface area contributed by atoms with E-state index in [9.17, 15) is 44.4 Å². The second-order valence-corrected chi connectivity index (χ2v) is 12.8. The van der Waals surface area contributed by atoms with E-state index in [4.69, 9.17) is 4.74 Å². The summed E-state index contributed by atoms with van der Waals surface area (Å²) in [5.41, 5.74) is 3.98. The quantitative estimate of drug-likeness (QED) is 0.0419. The molecule has 296 valence electrons. The molecule has 0 radical (unpaired) electrons. The van der Waals surface area contributed by atoms with Gasteiger partial charge in [-0.1, -0.05) is 69.9 Å². The monoisotopic (exact) mass is 766 g/mol. The van der Waals surface area contributed by atoms with Crippen LogP contribution in [0, 0.1) is 26.0 Å². The highest BCUT2D eigenvalue weighted by Crippen LogP contribution is 2.41. The number of amides is 1. The normalized spacial score (nSPS) is 13.9. The van der Waals surface area contributed by atoms with E-state index >= 15 is 0 Å². The number of rotatable bonds is 22. The molecule has 0 aliphatic carbocycles. The van der Waals surface area contributed by atoms with Crippen molar-refractivity contribution in [3.63, 3.8) is 0 Å². The van der Waals surface area contributed by atoms with Crippen LogP contribution < -0.4 is 5.32 Å². The lowest BCUT2D eigenvalue weighted by Gasteiger charge is -2.22. The van der Waals surface area contributed by atoms with Gasteiger partial charge in [-0.15, -0.1) is 20.2 Å². The van der Waals surface area contributed by atoms with E-state index in [0.717, 1.165) is 0 Å². The summed E-state index contributed by atoms with van der Waals surface area (Å²) in [6, 6.07) is 14.8. The highest BCUT2D eigenvalue weighted by molar-refractivity contribution is 6.11. The van der Waals surface area contributed by atoms with Crippen molar-refractivity contribution in [2.75, 3.05) is 11.9 Å². The molecule has 2 unspecified atom stereocenters. The number of allylic oxidation sites excluding steroid dienone is 5. The summed E-state index contributed by atoms with van der Waals surface area (Å²) in [7, 11) is 0. The number of carbonyl (C=O) groups is 2. The Morgan fingerprint density at radius 2 is 1.62 bits per heavy atom. The largest absolute Gasteiger partial charge is 0.463 e. The minimum Gasteiger partial charge on any atom is -0.463 e. The Balaban J connectivity index is 1.95. The van der Waals surface area contributed by atoms with Crippen molar-refractivity contribution in [2.24, 2.45) is 0 Å². The first kappa shape index (κ1) is 43.5. The standard InChI is InChI=1S/C39H47FN4O11/c1-6-12-26(13-7-2)35-36(39(48)41-29-14-10-9-11-15-29)37(25(4)5)42(38(35)27-16-18-28(40)19-17-27)21-20-30(45)22-31(46)23-34(47)53-24-33(55-44(51)52)32(8-3)54-43(49)50/h6-7,9-19,25,30-33,45-46H,1,8,20-24H2,2-5H3,(H,41,48)/b13-7-,26-12+/t30-,31-,32?,33?/m1/s1. The average Bonchev–Trinajstić information content (AvgIpc) is 3.47. The number of para-hydroxylation sites is 1. The van der Waals surface area contributed by atoms with Gasteiger partial charge in [0.25, 0.3) is 16.1 Å². The highest BCUT2D eigenvalue weighted by atomic mass is 19.1. The zero-order valence-electron chi connectivity index (χ0n) is 31.1. The third-order valence-corrected chi connectivity index (χ3v) is 8.46. The Morgan fingerprint density at radius 3 is 2.18 bits per heavy atom. The molecule has 3 N–H and O–H groups in total. The van der Waals surface area contributed by atoms with Gasteiger partial charge in [-0.2, -0.15) is 0 Å². The van der Waals surface area contributed by atoms with Crippen molar-refractivity contribution in [3.05, 3.63) is 128 Å². The summed E-state index contributed by atoms with van der Waals surface area (Å²) < 4.78 is 21.1. The molecule has 4 atom stereocenters. The molecule has 0 bridgehead atoms. The van der Waals surface area contributed by atoms with Gasteiger partial charge in [0.1, 0.15) is 18.5 Å². The molecule has 0 spiro atoms. The number of hydrogen-bond donors (Lipinski definition) is 3. The number of carbonyl (C=O) groups excluding carboxylic acids is 2. The van der Waals surface area contributed by atoms with Crippen molar-refractivity contribution in [3.8, 4) is 11.3 Å². The molecule has 0 aliphatic heterocycles. The summed E-state index contributed by atoms with van der Waals surface area (Å²) in [4.78, 5) is 57.4. The van der Waals surface area contributed by atoms with Crippen molar-refractivity contribution in [1.29, 1.82) is 0 Å². The second kappa shape index (κ2) is 21.1. The van der Waals surface area contributed by atoms with Crippen molar-refractivity contribution < 1.29 is 48.8 Å². The number of aliphatic hydroxyl groups excluding tert-OH is 2. The fourth-order valence-corrected chi connectivity index (χ4v) is 6.18. The van der Waals surface area contributed by atoms with Gasteiger partial charge in [-0.05, 0) is 79.6 Å². The number of aromatic nitrogens is 1. The maximum Gasteiger partial charge on any atom is 0.308 e. The van der Waals surface area contributed by atoms with E-state index in [1.54, 1.807) is 48.6 Å². The molecule has 16 heteroatoms. The Morgan fingerprint density at radius 1 is 0.982 bits per heavy atom. The summed E-state index contributed by atoms with van der Waals surface area (Å²) in [5.74, 6) is -2.07. The molecule has 2 aromatic carbocycles. The lowest BCUT2D eigenvalue weighted by Crippen LogP contribution is -2.39. The first-order chi connectivity index (χ1) is 26.2. The van der Waals surface area contributed by atoms with E-state index in [0.29, 0.717) is 39.3 Å². The summed E-state index contributed by atoms with van der Waals surface area (Å²) in [5, 5.41) is 44.2. The molecule has 0 saturated carbocycles. The number of ether oxygens (including phenoxy) is 1. The Kier molecular flexibility index (Phi) is 16.7. The number of halogens is 1. The molecular formula is C39H47FN4O11. The molecule has 1 heterocycles. The minimum absolute atomic E-state index is 0.0488. The topological polar surface area (TPSA) is 206 Å². The Labute approximate surface area is 317 Å². The number of anilines is 1. The van der Waals surface area contributed by atoms with E-state index < -0.39 is 59.4 Å². The lowest BCUT2D eigenvalue weighted by molar-refractivity contribution is -0.799. The van der Waals surface area contributed by atoms with Crippen molar-refractivity contribution >= 4 is 23.1 Å². The number of nitrogens with zero attached hydrogens (tertiary/aromatic N) is 3. The molecule has 0 saturated heterocycles. The van der Waals surface area contributed by atoms with E-state index in [1.807, 2.05) is 43.6 Å². The molecule has 3 rings (SSSR count). The smallest absolute Gasteiger partial charge is 0.308 e. The van der Waals surface area contributed by atoms with Gasteiger partial charge in [0.05, 0.1) is 29.9 Å². The van der Waals surface area contributed by atoms with Gasteiger partial charge in [-0.3, -0.25) is 9.59 Å². The van der Waals surface area contributed by atoms with Crippen LogP contribution in [0.1, 0.15) is 80.9 Å². The summed E-state index contributed by atoms with van der Waals surface area (Å²) >= 11 is 0. The van der Waals surface area contributed by atoms with Crippen LogP contribution in [0.15, 0.2) is 85.5 Å². The highest BCUT2D eigenvalue weighted by Gasteiger charge is 2.32. The Hall–Kier alpha value is -5.87. The third kappa shape index (κ3) is 12.6. The van der Waals surface area contributed by atoms with E-state index in [-0.39, 0.29) is 37.6 Å². The number of nitrogens with one attached hydrogen (secondary N) is 1. The van der Waals surface area contributed by atoms with Gasteiger partial charge in [0.2, 0.25) is 0 Å². The predicted molar refractivity (Wildman–Crippen MR) is 202 cm³/mol. The predicted octanol–water partition coefficient (Wildman–Crippen LogP) is 6.81. The second-order valence-electron chi connectivity index (χ2n) is 12.8. The van der Waals surface area contributed by atoms with Crippen LogP contribution in [0.2, 0.25) is 0 Å². The molecule has 55 heavy (non-hydrogen) atoms. The van der Waals surface area contributed by atoms with Gasteiger partial charge in [0, 0.05) is 23.5 Å². The SMILES string of the molecule is C=C/C=C(\C=C/C)c1c(C(=O)Nc2ccccc2)c(C(C)C)n(CC[C@@H](O)C[C@@H](O)CC(=O)OCC(O[N+](=O)[O-])C(CC)O[N+](=O)[O-])c1-c1ccc(F)cc1. The van der Waals surface area contributed by atoms with E-state index in [1.165, 1.54) is 19.1 Å². The molecule has 1 amide bonds. The summed E-state index contributed by atoms with van der Waals surface area (Å²) in [6.07, 6.45) is 0.539. The maximum absolute atomic E-state index is 14.3. The molecule has 1 aromatic heterocycles. The van der Waals surface area contributed by atoms with Crippen LogP contribution in [0.5, 0.6) is 0 Å². The van der Waals surface area contributed by atoms with Gasteiger partial charge in [-0.25, -0.2) is 4.39 Å². The van der Waals surface area contributed by atoms with Crippen LogP contribution in [0.3, 0.4) is 0 Å². The molecule has 15 nitrogen and oxygen atoms in total. The first-order valence-corrected chi connectivity index (χ1v) is 17.7. The lowest BCUT2D eigenvalue weighted by atomic mass is 9.93. The third-order valence-electron chi connectivity index (χ3n) is 8.46. The van der Waals surface area contributed by atoms with Crippen LogP contribution in [0.25, 0.3) is 16.8 Å². The van der Waals surface area contributed by atoms with Gasteiger partial charge >= 0.3 is 5.97 Å². The number of benzene rings is 2. The van der Waals surface area contributed by atoms with Crippen LogP contribution in [-0.4, -0.2) is 67.9 Å². The molecule has 0 aliphatic rings. The van der Waals surface area contributed by atoms with Gasteiger partial charge < -0.3 is 34.5 Å². The fourth-order valence-electron chi connectivity index (χ4n) is 6.18. The minimum atomic E-state index is -1.61. The number of hydrogen-bond acceptors (Lipinski definition) is 11. The van der Waals surface area contributed by atoms with Crippen molar-refractivity contribution in [1.82, 2.24) is 4.57 Å². The van der Waals surface area contributed by atoms with Gasteiger partial charge in [0.15, 0.2) is 6.10 Å². The number of aliphatic hydroxyl groups is 2. The zero-order chi connectivity index (χ0) is 40.7. The van der Waals surface area contributed by atoms with Crippen molar-refractivity contribution in [2.45, 2.75) is 90.3 Å². The molecular weight excluding hydrogens is 719 g/mol. The zero-order valence-corrected chi connectivity index (χ0v) is 31.1. The van der Waals surface area contributed by atoms with E-state index in [2.05, 4.69) is 21.6 Å². The molecule has 3 aromatic rings. The fraction of sp³-hybridized carbons (Fsp3) is 0.385. The Bertz CT molecular complexity index is 1840. The first-order valence-electron chi connectivity index (χ1n) is 17.7. The average molecular weight is 767 g/mol. The van der Waals surface area contributed by atoms with Crippen LogP contribution in [-0.2, 0) is 25.8 Å². The van der Waals surface area contributed by atoms with Crippen LogP contribution >= 0.6 is 0 Å². The number of esters is 1. The summed E-state index contributed by atoms with van der Waals surface area (Å²) in [6.45, 7) is 10.4. The van der Waals surface area contributed by atoms with Crippen LogP contribution in [0.4, 0.5) is 10.1 Å².